The molecular formula is C20H25ClN4O4. The molecule has 2 aromatic rings. The summed E-state index contributed by atoms with van der Waals surface area (Å²) in [5.41, 5.74) is 0.319. The lowest BCUT2D eigenvalue weighted by Crippen LogP contribution is -2.41. The summed E-state index contributed by atoms with van der Waals surface area (Å²) in [6.07, 6.45) is 4.11. The summed E-state index contributed by atoms with van der Waals surface area (Å²) >= 11 is 5.93. The van der Waals surface area contributed by atoms with E-state index in [0.717, 1.165) is 23.1 Å². The third kappa shape index (κ3) is 4.43. The molecule has 0 bridgehead atoms. The topological polar surface area (TPSA) is 98.7 Å². The quantitative estimate of drug-likeness (QED) is 0.660. The maximum atomic E-state index is 13.2. The monoisotopic (exact) mass is 420 g/mol. The van der Waals surface area contributed by atoms with Crippen LogP contribution in [0.3, 0.4) is 0 Å². The summed E-state index contributed by atoms with van der Waals surface area (Å²) in [6, 6.07) is 3.55. The molecule has 3 heterocycles. The third-order valence-corrected chi connectivity index (χ3v) is 5.13. The molecule has 0 amide bonds. The lowest BCUT2D eigenvalue weighted by Gasteiger charge is -2.16. The van der Waals surface area contributed by atoms with Crippen molar-refractivity contribution in [2.24, 2.45) is 12.0 Å². The van der Waals surface area contributed by atoms with Gasteiger partial charge in [-0.3, -0.25) is 18.9 Å². The first kappa shape index (κ1) is 21.3. The van der Waals surface area contributed by atoms with E-state index < -0.39 is 17.2 Å². The standard InChI is InChI=1S/C20H25ClN4O4/c1-3-4-10-29-18-15(11-14-7-6-13(21)12-22-14)16-17(23-18)24(2)20(28)25(19(16)27)8-5-9-26/h6-7,12,15,26H,3-5,8-11H2,1-2H3. The maximum absolute atomic E-state index is 13.2. The first-order chi connectivity index (χ1) is 14.0. The van der Waals surface area contributed by atoms with Gasteiger partial charge in [0, 0.05) is 38.5 Å². The normalized spacial score (nSPS) is 15.3. The first-order valence-electron chi connectivity index (χ1n) is 9.74. The van der Waals surface area contributed by atoms with Crippen molar-refractivity contribution in [1.82, 2.24) is 14.1 Å². The van der Waals surface area contributed by atoms with E-state index in [4.69, 9.17) is 21.4 Å². The second-order valence-electron chi connectivity index (χ2n) is 6.99. The van der Waals surface area contributed by atoms with E-state index in [-0.39, 0.29) is 13.2 Å². The van der Waals surface area contributed by atoms with Crippen molar-refractivity contribution in [1.29, 1.82) is 0 Å². The maximum Gasteiger partial charge on any atom is 0.332 e. The van der Waals surface area contributed by atoms with Crippen molar-refractivity contribution in [2.45, 2.75) is 45.1 Å². The number of hydrogen-bond donors (Lipinski definition) is 1. The number of ether oxygens (including phenoxy) is 1. The van der Waals surface area contributed by atoms with E-state index in [1.165, 1.54) is 4.57 Å². The summed E-state index contributed by atoms with van der Waals surface area (Å²) in [4.78, 5) is 34.6. The van der Waals surface area contributed by atoms with Gasteiger partial charge in [-0.1, -0.05) is 24.9 Å². The third-order valence-electron chi connectivity index (χ3n) is 4.90. The Morgan fingerprint density at radius 2 is 2.07 bits per heavy atom. The zero-order valence-corrected chi connectivity index (χ0v) is 17.4. The van der Waals surface area contributed by atoms with Crippen LogP contribution < -0.4 is 11.2 Å². The minimum atomic E-state index is -0.455. The largest absolute Gasteiger partial charge is 0.480 e. The molecule has 156 valence electrons. The summed E-state index contributed by atoms with van der Waals surface area (Å²) in [5, 5.41) is 9.65. The van der Waals surface area contributed by atoms with Gasteiger partial charge in [-0.15, -0.1) is 0 Å². The molecule has 3 rings (SSSR count). The zero-order chi connectivity index (χ0) is 21.0. The summed E-state index contributed by atoms with van der Waals surface area (Å²) in [7, 11) is 1.59. The first-order valence-corrected chi connectivity index (χ1v) is 10.1. The van der Waals surface area contributed by atoms with E-state index >= 15 is 0 Å². The number of rotatable bonds is 8. The highest BCUT2D eigenvalue weighted by Gasteiger charge is 2.35. The average Bonchev–Trinajstić information content (AvgIpc) is 3.07. The molecule has 29 heavy (non-hydrogen) atoms. The van der Waals surface area contributed by atoms with Gasteiger partial charge in [0.1, 0.15) is 5.82 Å². The molecule has 1 aliphatic rings. The van der Waals surface area contributed by atoms with Crippen LogP contribution in [-0.4, -0.2) is 38.3 Å². The zero-order valence-electron chi connectivity index (χ0n) is 16.6. The van der Waals surface area contributed by atoms with E-state index in [9.17, 15) is 9.59 Å². The summed E-state index contributed by atoms with van der Waals surface area (Å²) in [6.45, 7) is 2.59. The number of unbranched alkanes of at least 4 members (excludes halogenated alkanes) is 1. The number of aliphatic hydroxyl groups excluding tert-OH is 1. The molecule has 8 nitrogen and oxygen atoms in total. The molecular weight excluding hydrogens is 396 g/mol. The molecule has 0 saturated carbocycles. The molecule has 0 aromatic carbocycles. The van der Waals surface area contributed by atoms with Gasteiger partial charge >= 0.3 is 5.69 Å². The van der Waals surface area contributed by atoms with Crippen molar-refractivity contribution in [3.63, 3.8) is 0 Å². The van der Waals surface area contributed by atoms with Gasteiger partial charge in [0.05, 0.1) is 23.1 Å². The second-order valence-corrected chi connectivity index (χ2v) is 7.43. The Hall–Kier alpha value is -2.45. The number of nitrogens with zero attached hydrogens (tertiary/aromatic N) is 4. The van der Waals surface area contributed by atoms with Crippen LogP contribution in [0.15, 0.2) is 32.9 Å². The van der Waals surface area contributed by atoms with Gasteiger partial charge in [-0.05, 0) is 25.0 Å². The number of aliphatic hydroxyl groups is 1. The number of hydrogen-bond acceptors (Lipinski definition) is 6. The lowest BCUT2D eigenvalue weighted by molar-refractivity contribution is 0.277. The Morgan fingerprint density at radius 3 is 2.72 bits per heavy atom. The van der Waals surface area contributed by atoms with Crippen LogP contribution in [0, 0.1) is 0 Å². The average molecular weight is 421 g/mol. The fourth-order valence-corrected chi connectivity index (χ4v) is 3.44. The van der Waals surface area contributed by atoms with Gasteiger partial charge in [0.25, 0.3) is 5.56 Å². The Balaban J connectivity index is 2.05. The van der Waals surface area contributed by atoms with Gasteiger partial charge in [-0.25, -0.2) is 4.79 Å². The lowest BCUT2D eigenvalue weighted by atomic mass is 9.96. The predicted molar refractivity (Wildman–Crippen MR) is 111 cm³/mol. The second kappa shape index (κ2) is 9.37. The number of pyridine rings is 1. The van der Waals surface area contributed by atoms with Crippen LogP contribution in [0.5, 0.6) is 0 Å². The SMILES string of the molecule is CCCCOC1=Nc2c(c(=O)n(CCCO)c(=O)n2C)C1Cc1ccc(Cl)cn1. The molecule has 0 aliphatic carbocycles. The van der Waals surface area contributed by atoms with Crippen LogP contribution in [0.2, 0.25) is 5.02 Å². The molecule has 1 aliphatic heterocycles. The van der Waals surface area contributed by atoms with Crippen LogP contribution in [0.1, 0.15) is 43.4 Å². The fourth-order valence-electron chi connectivity index (χ4n) is 3.33. The summed E-state index contributed by atoms with van der Waals surface area (Å²) < 4.78 is 8.42. The Morgan fingerprint density at radius 1 is 1.28 bits per heavy atom. The van der Waals surface area contributed by atoms with Gasteiger partial charge < -0.3 is 9.84 Å². The molecule has 1 unspecified atom stereocenters. The van der Waals surface area contributed by atoms with E-state index in [1.807, 2.05) is 0 Å². The van der Waals surface area contributed by atoms with Crippen molar-refractivity contribution in [2.75, 3.05) is 13.2 Å². The van der Waals surface area contributed by atoms with E-state index in [0.29, 0.717) is 41.8 Å². The molecule has 9 heteroatoms. The van der Waals surface area contributed by atoms with Crippen LogP contribution in [0.4, 0.5) is 5.82 Å². The van der Waals surface area contributed by atoms with Gasteiger partial charge in [0.2, 0.25) is 0 Å². The predicted octanol–water partition coefficient (Wildman–Crippen LogP) is 2.16. The van der Waals surface area contributed by atoms with Crippen LogP contribution in [-0.2, 0) is 24.8 Å². The fraction of sp³-hybridized carbons (Fsp3) is 0.500. The Kier molecular flexibility index (Phi) is 6.87. The molecule has 2 aromatic heterocycles. The highest BCUT2D eigenvalue weighted by atomic mass is 35.5. The van der Waals surface area contributed by atoms with E-state index in [2.05, 4.69) is 16.9 Å². The molecule has 1 N–H and O–H groups in total. The molecule has 0 saturated heterocycles. The molecule has 1 atom stereocenters. The Bertz CT molecular complexity index is 1010. The van der Waals surface area contributed by atoms with E-state index in [1.54, 1.807) is 25.4 Å². The minimum Gasteiger partial charge on any atom is -0.480 e. The van der Waals surface area contributed by atoms with Crippen LogP contribution in [0.25, 0.3) is 0 Å². The Labute approximate surface area is 173 Å². The van der Waals surface area contributed by atoms with Crippen molar-refractivity contribution in [3.8, 4) is 0 Å². The number of fused-ring (bicyclic) bond motifs is 1. The van der Waals surface area contributed by atoms with Crippen LogP contribution >= 0.6 is 11.6 Å². The molecule has 0 radical (unpaired) electrons. The van der Waals surface area contributed by atoms with Crippen molar-refractivity contribution in [3.05, 3.63) is 55.4 Å². The summed E-state index contributed by atoms with van der Waals surface area (Å²) in [5.74, 6) is 0.318. The molecule has 0 spiro atoms. The minimum absolute atomic E-state index is 0.104. The van der Waals surface area contributed by atoms with Gasteiger partial charge in [-0.2, -0.15) is 4.99 Å². The highest BCUT2D eigenvalue weighted by Crippen LogP contribution is 2.34. The highest BCUT2D eigenvalue weighted by molar-refractivity contribution is 6.30. The molecule has 0 fully saturated rings. The number of aromatic nitrogens is 3. The number of aliphatic imine (C=N–C) groups is 1. The smallest absolute Gasteiger partial charge is 0.332 e. The van der Waals surface area contributed by atoms with Crippen molar-refractivity contribution < 1.29 is 9.84 Å². The van der Waals surface area contributed by atoms with Gasteiger partial charge in [0.15, 0.2) is 5.90 Å². The number of halogens is 1. The van der Waals surface area contributed by atoms with Crippen molar-refractivity contribution >= 4 is 23.3 Å².